The summed E-state index contributed by atoms with van der Waals surface area (Å²) in [5, 5.41) is 9.89. The van der Waals surface area contributed by atoms with Crippen LogP contribution in [0.15, 0.2) is 0 Å². The Morgan fingerprint density at radius 2 is 2.17 bits per heavy atom. The van der Waals surface area contributed by atoms with Crippen LogP contribution in [0.5, 0.6) is 0 Å². The van der Waals surface area contributed by atoms with Crippen molar-refractivity contribution >= 4 is 0 Å². The van der Waals surface area contributed by atoms with E-state index in [1.54, 1.807) is 0 Å². The first-order chi connectivity index (χ1) is 5.54. The fourth-order valence-corrected chi connectivity index (χ4v) is 2.46. The van der Waals surface area contributed by atoms with Crippen LogP contribution >= 0.6 is 0 Å². The number of hydrogen-bond acceptors (Lipinski definition) is 2. The molecular formula is C10H18O2. The van der Waals surface area contributed by atoms with E-state index < -0.39 is 0 Å². The quantitative estimate of drug-likeness (QED) is 0.606. The lowest BCUT2D eigenvalue weighted by Gasteiger charge is -2.30. The summed E-state index contributed by atoms with van der Waals surface area (Å²) in [6, 6.07) is 0. The summed E-state index contributed by atoms with van der Waals surface area (Å²) in [6.45, 7) is 6.47. The van der Waals surface area contributed by atoms with Crippen molar-refractivity contribution in [2.24, 2.45) is 11.8 Å². The van der Waals surface area contributed by atoms with Crippen LogP contribution in [0.3, 0.4) is 0 Å². The van der Waals surface area contributed by atoms with Crippen molar-refractivity contribution in [1.82, 2.24) is 0 Å². The minimum Gasteiger partial charge on any atom is -0.390 e. The third-order valence-corrected chi connectivity index (χ3v) is 3.52. The van der Waals surface area contributed by atoms with Crippen LogP contribution in [-0.2, 0) is 4.74 Å². The molecule has 1 heterocycles. The lowest BCUT2D eigenvalue weighted by Crippen LogP contribution is -2.38. The molecule has 0 aromatic carbocycles. The Bertz CT molecular complexity index is 190. The lowest BCUT2D eigenvalue weighted by atomic mass is 9.75. The summed E-state index contributed by atoms with van der Waals surface area (Å²) < 4.78 is 5.51. The first-order valence-electron chi connectivity index (χ1n) is 4.90. The Morgan fingerprint density at radius 3 is 2.75 bits per heavy atom. The molecule has 2 aliphatic rings. The number of ether oxygens (including phenoxy) is 1. The highest BCUT2D eigenvalue weighted by atomic mass is 16.6. The van der Waals surface area contributed by atoms with Gasteiger partial charge in [-0.3, -0.25) is 0 Å². The highest BCUT2D eigenvalue weighted by molar-refractivity contribution is 5.08. The molecule has 0 amide bonds. The number of aliphatic hydroxyl groups excluding tert-OH is 1. The molecule has 12 heavy (non-hydrogen) atoms. The SMILES string of the molecule is CC(C)C1CCC2(C)OC2C1O. The summed E-state index contributed by atoms with van der Waals surface area (Å²) >= 11 is 0. The molecule has 4 atom stereocenters. The third kappa shape index (κ3) is 1.09. The fourth-order valence-electron chi connectivity index (χ4n) is 2.46. The van der Waals surface area contributed by atoms with Gasteiger partial charge in [-0.05, 0) is 31.6 Å². The number of rotatable bonds is 1. The molecule has 1 saturated carbocycles. The van der Waals surface area contributed by atoms with E-state index in [-0.39, 0.29) is 17.8 Å². The van der Waals surface area contributed by atoms with E-state index in [0.29, 0.717) is 11.8 Å². The van der Waals surface area contributed by atoms with E-state index in [1.165, 1.54) is 0 Å². The van der Waals surface area contributed by atoms with Gasteiger partial charge in [0.1, 0.15) is 6.10 Å². The standard InChI is InChI=1S/C10H18O2/c1-6(2)7-4-5-10(3)9(12-10)8(7)11/h6-9,11H,4-5H2,1-3H3. The van der Waals surface area contributed by atoms with Crippen molar-refractivity contribution < 1.29 is 9.84 Å². The number of fused-ring (bicyclic) bond motifs is 1. The molecule has 2 nitrogen and oxygen atoms in total. The van der Waals surface area contributed by atoms with Gasteiger partial charge >= 0.3 is 0 Å². The Balaban J connectivity index is 2.04. The molecular weight excluding hydrogens is 152 g/mol. The van der Waals surface area contributed by atoms with E-state index in [9.17, 15) is 5.11 Å². The van der Waals surface area contributed by atoms with E-state index in [1.807, 2.05) is 0 Å². The minimum atomic E-state index is -0.219. The molecule has 1 aliphatic heterocycles. The van der Waals surface area contributed by atoms with Gasteiger partial charge in [0, 0.05) is 0 Å². The predicted molar refractivity (Wildman–Crippen MR) is 46.8 cm³/mol. The van der Waals surface area contributed by atoms with Gasteiger partial charge in [0.05, 0.1) is 11.7 Å². The smallest absolute Gasteiger partial charge is 0.113 e. The maximum atomic E-state index is 9.89. The zero-order valence-electron chi connectivity index (χ0n) is 8.08. The highest BCUT2D eigenvalue weighted by Crippen LogP contribution is 2.50. The second-order valence-corrected chi connectivity index (χ2v) is 4.79. The summed E-state index contributed by atoms with van der Waals surface area (Å²) in [5.41, 5.74) is 0.0325. The van der Waals surface area contributed by atoms with E-state index in [4.69, 9.17) is 4.74 Å². The highest BCUT2D eigenvalue weighted by Gasteiger charge is 2.60. The molecule has 0 aromatic rings. The molecule has 0 radical (unpaired) electrons. The maximum Gasteiger partial charge on any atom is 0.113 e. The van der Waals surface area contributed by atoms with Crippen LogP contribution in [0.4, 0.5) is 0 Å². The van der Waals surface area contributed by atoms with Crippen molar-refractivity contribution in [3.63, 3.8) is 0 Å². The van der Waals surface area contributed by atoms with Crippen molar-refractivity contribution in [1.29, 1.82) is 0 Å². The van der Waals surface area contributed by atoms with Crippen LogP contribution in [-0.4, -0.2) is 22.9 Å². The summed E-state index contributed by atoms with van der Waals surface area (Å²) in [7, 11) is 0. The molecule has 2 heteroatoms. The van der Waals surface area contributed by atoms with Gasteiger partial charge in [0.15, 0.2) is 0 Å². The number of epoxide rings is 1. The average Bonchev–Trinajstić information content (AvgIpc) is 2.62. The fraction of sp³-hybridized carbons (Fsp3) is 1.00. The summed E-state index contributed by atoms with van der Waals surface area (Å²) in [6.07, 6.45) is 2.16. The normalized spacial score (nSPS) is 52.2. The van der Waals surface area contributed by atoms with Crippen molar-refractivity contribution in [3.05, 3.63) is 0 Å². The van der Waals surface area contributed by atoms with E-state index >= 15 is 0 Å². The van der Waals surface area contributed by atoms with Crippen LogP contribution in [0.1, 0.15) is 33.6 Å². The second kappa shape index (κ2) is 2.46. The number of hydrogen-bond donors (Lipinski definition) is 1. The van der Waals surface area contributed by atoms with Crippen LogP contribution in [0.25, 0.3) is 0 Å². The Morgan fingerprint density at radius 1 is 1.50 bits per heavy atom. The molecule has 1 aliphatic carbocycles. The van der Waals surface area contributed by atoms with Crippen LogP contribution < -0.4 is 0 Å². The molecule has 2 rings (SSSR count). The minimum absolute atomic E-state index is 0.0325. The first kappa shape index (κ1) is 8.52. The van der Waals surface area contributed by atoms with Crippen molar-refractivity contribution in [2.45, 2.75) is 51.4 Å². The molecule has 70 valence electrons. The molecule has 1 N–H and O–H groups in total. The topological polar surface area (TPSA) is 32.8 Å². The lowest BCUT2D eigenvalue weighted by molar-refractivity contribution is 0.0442. The van der Waals surface area contributed by atoms with Gasteiger partial charge in [-0.15, -0.1) is 0 Å². The Hall–Kier alpha value is -0.0800. The second-order valence-electron chi connectivity index (χ2n) is 4.79. The van der Waals surface area contributed by atoms with Gasteiger partial charge in [-0.25, -0.2) is 0 Å². The van der Waals surface area contributed by atoms with Gasteiger partial charge in [0.25, 0.3) is 0 Å². The van der Waals surface area contributed by atoms with Gasteiger partial charge in [-0.2, -0.15) is 0 Å². The molecule has 0 aromatic heterocycles. The summed E-state index contributed by atoms with van der Waals surface area (Å²) in [5.74, 6) is 1.03. The largest absolute Gasteiger partial charge is 0.390 e. The van der Waals surface area contributed by atoms with Gasteiger partial charge < -0.3 is 9.84 Å². The van der Waals surface area contributed by atoms with E-state index in [2.05, 4.69) is 20.8 Å². The average molecular weight is 170 g/mol. The third-order valence-electron chi connectivity index (χ3n) is 3.52. The van der Waals surface area contributed by atoms with Gasteiger partial charge in [-0.1, -0.05) is 13.8 Å². The monoisotopic (exact) mass is 170 g/mol. The van der Waals surface area contributed by atoms with Crippen molar-refractivity contribution in [2.75, 3.05) is 0 Å². The maximum absolute atomic E-state index is 9.89. The van der Waals surface area contributed by atoms with E-state index in [0.717, 1.165) is 12.8 Å². The van der Waals surface area contributed by atoms with Crippen LogP contribution in [0.2, 0.25) is 0 Å². The molecule has 0 spiro atoms. The van der Waals surface area contributed by atoms with Crippen molar-refractivity contribution in [3.8, 4) is 0 Å². The molecule has 0 bridgehead atoms. The van der Waals surface area contributed by atoms with Gasteiger partial charge in [0.2, 0.25) is 0 Å². The zero-order valence-corrected chi connectivity index (χ0v) is 8.08. The van der Waals surface area contributed by atoms with Crippen LogP contribution in [0, 0.1) is 11.8 Å². The molecule has 1 saturated heterocycles. The molecule has 2 fully saturated rings. The first-order valence-corrected chi connectivity index (χ1v) is 4.90. The Kier molecular flexibility index (Phi) is 1.74. The summed E-state index contributed by atoms with van der Waals surface area (Å²) in [4.78, 5) is 0. The predicted octanol–water partition coefficient (Wildman–Crippen LogP) is 1.57. The number of aliphatic hydroxyl groups is 1. The zero-order chi connectivity index (χ0) is 8.93. The molecule has 4 unspecified atom stereocenters. The Labute approximate surface area is 73.9 Å².